The van der Waals surface area contributed by atoms with Crippen molar-refractivity contribution in [1.82, 2.24) is 10.4 Å². The molecule has 3 aliphatic rings. The van der Waals surface area contributed by atoms with Crippen molar-refractivity contribution in [2.45, 2.75) is 57.3 Å². The van der Waals surface area contributed by atoms with Gasteiger partial charge in [-0.25, -0.2) is 10.0 Å². The number of nitrogens with one attached hydrogen (secondary N) is 1. The largest absolute Gasteiger partial charge is 0.462 e. The second-order valence-electron chi connectivity index (χ2n) is 8.63. The van der Waals surface area contributed by atoms with Crippen LogP contribution in [0.5, 0.6) is 5.75 Å². The van der Waals surface area contributed by atoms with Gasteiger partial charge < -0.3 is 4.74 Å². The molecule has 2 fully saturated rings. The fraction of sp³-hybridized carbons (Fsp3) is 0.440. The summed E-state index contributed by atoms with van der Waals surface area (Å²) in [4.78, 5) is 17.6. The van der Waals surface area contributed by atoms with Crippen LogP contribution in [0.3, 0.4) is 0 Å². The zero-order valence-corrected chi connectivity index (χ0v) is 17.4. The first kappa shape index (κ1) is 19.3. The number of carbonyl (C=O) groups excluding carboxylic acids is 1. The molecule has 2 aromatic carbocycles. The smallest absolute Gasteiger partial charge is 0.265 e. The van der Waals surface area contributed by atoms with Crippen LogP contribution in [-0.2, 0) is 0 Å². The van der Waals surface area contributed by atoms with E-state index in [1.54, 1.807) is 6.07 Å². The number of hydrazine groups is 1. The van der Waals surface area contributed by atoms with Crippen LogP contribution in [0.2, 0.25) is 0 Å². The maximum absolute atomic E-state index is 12.7. The molecule has 5 rings (SSSR count). The zero-order valence-electron chi connectivity index (χ0n) is 17.4. The van der Waals surface area contributed by atoms with Crippen LogP contribution in [0.25, 0.3) is 6.26 Å². The lowest BCUT2D eigenvalue weighted by Crippen LogP contribution is -2.45. The lowest BCUT2D eigenvalue weighted by Gasteiger charge is -2.26. The number of carbonyl (C=O) groups is 1. The number of amides is 1. The Morgan fingerprint density at radius 3 is 2.63 bits per heavy atom. The zero-order chi connectivity index (χ0) is 20.3. The van der Waals surface area contributed by atoms with Crippen molar-refractivity contribution in [3.05, 3.63) is 58.1 Å². The molecule has 0 unspecified atom stereocenters. The maximum Gasteiger partial charge on any atom is 0.265 e. The number of ether oxygens (including phenoxy) is 1. The first-order valence-corrected chi connectivity index (χ1v) is 11.3. The number of hydrogen-bond acceptors (Lipinski definition) is 4. The van der Waals surface area contributed by atoms with Crippen LogP contribution in [0, 0.1) is 0 Å². The second-order valence-corrected chi connectivity index (χ2v) is 8.63. The van der Waals surface area contributed by atoms with Gasteiger partial charge in [-0.15, -0.1) is 0 Å². The van der Waals surface area contributed by atoms with Crippen molar-refractivity contribution < 1.29 is 9.53 Å². The van der Waals surface area contributed by atoms with Crippen LogP contribution in [0.4, 0.5) is 5.69 Å². The SMILES string of the molecule is O=C(NN1CCCCC1)c1ccc2c(c1)OC=c1c(C3CCCCC3)cccc1=N2. The number of hydrogen-bond donors (Lipinski definition) is 1. The van der Waals surface area contributed by atoms with E-state index >= 15 is 0 Å². The Kier molecular flexibility index (Phi) is 5.54. The quantitative estimate of drug-likeness (QED) is 0.844. The third-order valence-corrected chi connectivity index (χ3v) is 6.54. The summed E-state index contributed by atoms with van der Waals surface area (Å²) >= 11 is 0. The fourth-order valence-corrected chi connectivity index (χ4v) is 4.87. The van der Waals surface area contributed by atoms with Crippen LogP contribution < -0.4 is 20.7 Å². The van der Waals surface area contributed by atoms with E-state index in [4.69, 9.17) is 9.73 Å². The highest BCUT2D eigenvalue weighted by molar-refractivity contribution is 5.95. The Morgan fingerprint density at radius 2 is 1.80 bits per heavy atom. The summed E-state index contributed by atoms with van der Waals surface area (Å²) in [5.41, 5.74) is 5.73. The average Bonchev–Trinajstić information content (AvgIpc) is 2.99. The summed E-state index contributed by atoms with van der Waals surface area (Å²) in [5, 5.41) is 4.04. The molecule has 5 heteroatoms. The first-order chi connectivity index (χ1) is 14.8. The molecular formula is C25H29N3O2. The van der Waals surface area contributed by atoms with Gasteiger partial charge in [0.1, 0.15) is 11.9 Å². The normalized spacial score (nSPS) is 19.3. The molecule has 2 aromatic rings. The Bertz CT molecular complexity index is 1050. The Hall–Kier alpha value is -2.66. The monoisotopic (exact) mass is 403 g/mol. The summed E-state index contributed by atoms with van der Waals surface area (Å²) in [6.07, 6.45) is 11.7. The Balaban J connectivity index is 1.43. The molecule has 2 heterocycles. The van der Waals surface area contributed by atoms with Crippen LogP contribution >= 0.6 is 0 Å². The lowest BCUT2D eigenvalue weighted by molar-refractivity contribution is 0.0750. The van der Waals surface area contributed by atoms with E-state index in [-0.39, 0.29) is 5.91 Å². The third-order valence-electron chi connectivity index (χ3n) is 6.54. The van der Waals surface area contributed by atoms with Crippen LogP contribution in [-0.4, -0.2) is 24.0 Å². The molecule has 5 nitrogen and oxygen atoms in total. The van der Waals surface area contributed by atoms with Gasteiger partial charge in [-0.3, -0.25) is 10.2 Å². The molecule has 0 bridgehead atoms. The standard InChI is InChI=1S/C25H29N3O2/c29-25(27-28-14-5-2-6-15-28)19-12-13-23-24(16-19)30-17-21-20(10-7-11-22(21)26-23)18-8-3-1-4-9-18/h7,10-13,16-18H,1-6,8-9,14-15H2,(H,27,29). The molecule has 2 aliphatic heterocycles. The van der Waals surface area contributed by atoms with E-state index < -0.39 is 0 Å². The topological polar surface area (TPSA) is 53.9 Å². The molecular weight excluding hydrogens is 374 g/mol. The molecule has 1 saturated carbocycles. The van der Waals surface area contributed by atoms with Crippen molar-refractivity contribution in [3.8, 4) is 5.75 Å². The molecule has 1 N–H and O–H groups in total. The van der Waals surface area contributed by atoms with Crippen LogP contribution in [0.1, 0.15) is 73.2 Å². The maximum atomic E-state index is 12.7. The molecule has 1 amide bonds. The first-order valence-electron chi connectivity index (χ1n) is 11.3. The van der Waals surface area contributed by atoms with Gasteiger partial charge in [-0.05, 0) is 61.4 Å². The van der Waals surface area contributed by atoms with Gasteiger partial charge in [0, 0.05) is 23.9 Å². The second kappa shape index (κ2) is 8.60. The highest BCUT2D eigenvalue weighted by Crippen LogP contribution is 2.32. The number of fused-ring (bicyclic) bond motifs is 2. The van der Waals surface area contributed by atoms with Gasteiger partial charge >= 0.3 is 0 Å². The third kappa shape index (κ3) is 3.99. The minimum Gasteiger partial charge on any atom is -0.462 e. The van der Waals surface area contributed by atoms with Crippen molar-refractivity contribution in [3.63, 3.8) is 0 Å². The molecule has 0 radical (unpaired) electrons. The van der Waals surface area contributed by atoms with Gasteiger partial charge in [-0.1, -0.05) is 37.8 Å². The summed E-state index contributed by atoms with van der Waals surface area (Å²) < 4.78 is 6.07. The average molecular weight is 404 g/mol. The van der Waals surface area contributed by atoms with Crippen LogP contribution in [0.15, 0.2) is 41.4 Å². The number of nitrogens with zero attached hydrogens (tertiary/aromatic N) is 2. The minimum absolute atomic E-state index is 0.0899. The molecule has 0 spiro atoms. The summed E-state index contributed by atoms with van der Waals surface area (Å²) in [6, 6.07) is 11.9. The summed E-state index contributed by atoms with van der Waals surface area (Å²) in [7, 11) is 0. The minimum atomic E-state index is -0.0899. The Morgan fingerprint density at radius 1 is 1.00 bits per heavy atom. The molecule has 156 valence electrons. The molecule has 0 atom stereocenters. The molecule has 30 heavy (non-hydrogen) atoms. The predicted molar refractivity (Wildman–Crippen MR) is 117 cm³/mol. The number of rotatable bonds is 3. The van der Waals surface area contributed by atoms with Crippen molar-refractivity contribution in [2.24, 2.45) is 4.99 Å². The van der Waals surface area contributed by atoms with E-state index in [1.807, 2.05) is 29.5 Å². The lowest BCUT2D eigenvalue weighted by atomic mass is 9.83. The van der Waals surface area contributed by atoms with Gasteiger partial charge in [0.25, 0.3) is 5.91 Å². The van der Waals surface area contributed by atoms with E-state index in [2.05, 4.69) is 17.6 Å². The highest BCUT2D eigenvalue weighted by atomic mass is 16.5. The van der Waals surface area contributed by atoms with Crippen molar-refractivity contribution in [1.29, 1.82) is 0 Å². The molecule has 1 aliphatic carbocycles. The van der Waals surface area contributed by atoms with Gasteiger partial charge in [-0.2, -0.15) is 0 Å². The summed E-state index contributed by atoms with van der Waals surface area (Å²) in [5.74, 6) is 1.12. The van der Waals surface area contributed by atoms with E-state index in [1.165, 1.54) is 44.1 Å². The van der Waals surface area contributed by atoms with E-state index in [9.17, 15) is 4.79 Å². The van der Waals surface area contributed by atoms with Gasteiger partial charge in [0.15, 0.2) is 5.75 Å². The highest BCUT2D eigenvalue weighted by Gasteiger charge is 2.19. The van der Waals surface area contributed by atoms with Gasteiger partial charge in [0.05, 0.1) is 5.36 Å². The predicted octanol–water partition coefficient (Wildman–Crippen LogP) is 3.95. The fourth-order valence-electron chi connectivity index (χ4n) is 4.87. The van der Waals surface area contributed by atoms with Crippen molar-refractivity contribution >= 4 is 17.9 Å². The van der Waals surface area contributed by atoms with Crippen molar-refractivity contribution in [2.75, 3.05) is 13.1 Å². The Labute approximate surface area is 177 Å². The molecule has 0 aromatic heterocycles. The number of benzene rings is 2. The van der Waals surface area contributed by atoms with E-state index in [0.717, 1.165) is 42.2 Å². The molecule has 1 saturated heterocycles. The summed E-state index contributed by atoms with van der Waals surface area (Å²) in [6.45, 7) is 1.82. The van der Waals surface area contributed by atoms with Gasteiger partial charge in [0.2, 0.25) is 0 Å². The van der Waals surface area contributed by atoms with E-state index in [0.29, 0.717) is 17.2 Å². The number of piperidine rings is 1.